The SMILES string of the molecule is Cc1sc(CC(C)CN)cc1Br. The normalized spacial score (nSPS) is 13.3. The molecule has 0 fully saturated rings. The predicted octanol–water partition coefficient (Wildman–Crippen LogP) is 2.96. The molecule has 1 aromatic heterocycles. The van der Waals surface area contributed by atoms with Crippen LogP contribution in [0.1, 0.15) is 16.7 Å². The highest BCUT2D eigenvalue weighted by molar-refractivity contribution is 9.10. The van der Waals surface area contributed by atoms with E-state index < -0.39 is 0 Å². The van der Waals surface area contributed by atoms with Crippen molar-refractivity contribution in [3.05, 3.63) is 20.3 Å². The number of hydrogen-bond donors (Lipinski definition) is 1. The number of nitrogens with two attached hydrogens (primary N) is 1. The van der Waals surface area contributed by atoms with E-state index in [4.69, 9.17) is 5.73 Å². The fraction of sp³-hybridized carbons (Fsp3) is 0.556. The molecule has 0 bridgehead atoms. The molecule has 2 N–H and O–H groups in total. The summed E-state index contributed by atoms with van der Waals surface area (Å²) in [6.45, 7) is 5.09. The largest absolute Gasteiger partial charge is 0.330 e. The standard InChI is InChI=1S/C9H14BrNS/c1-6(5-11)3-8-4-9(10)7(2)12-8/h4,6H,3,5,11H2,1-2H3. The van der Waals surface area contributed by atoms with Crippen molar-refractivity contribution >= 4 is 27.3 Å². The Bertz CT molecular complexity index is 238. The molecule has 3 heteroatoms. The van der Waals surface area contributed by atoms with Gasteiger partial charge in [0.15, 0.2) is 0 Å². The second kappa shape index (κ2) is 4.40. The van der Waals surface area contributed by atoms with Gasteiger partial charge in [-0.05, 0) is 47.8 Å². The van der Waals surface area contributed by atoms with E-state index in [2.05, 4.69) is 35.8 Å². The highest BCUT2D eigenvalue weighted by Gasteiger charge is 2.06. The van der Waals surface area contributed by atoms with E-state index in [9.17, 15) is 0 Å². The Morgan fingerprint density at radius 3 is 2.75 bits per heavy atom. The average Bonchev–Trinajstić information content (AvgIpc) is 2.31. The fourth-order valence-electron chi connectivity index (χ4n) is 1.05. The number of aryl methyl sites for hydroxylation is 1. The molecule has 0 amide bonds. The smallest absolute Gasteiger partial charge is 0.0314 e. The number of halogens is 1. The highest BCUT2D eigenvalue weighted by atomic mass is 79.9. The van der Waals surface area contributed by atoms with Crippen molar-refractivity contribution in [3.63, 3.8) is 0 Å². The number of rotatable bonds is 3. The Morgan fingerprint density at radius 2 is 2.33 bits per heavy atom. The summed E-state index contributed by atoms with van der Waals surface area (Å²) < 4.78 is 1.23. The first kappa shape index (κ1) is 10.2. The van der Waals surface area contributed by atoms with E-state index in [1.165, 1.54) is 14.2 Å². The zero-order valence-corrected chi connectivity index (χ0v) is 9.83. The molecule has 0 aliphatic heterocycles. The van der Waals surface area contributed by atoms with Crippen LogP contribution in [0.2, 0.25) is 0 Å². The summed E-state index contributed by atoms with van der Waals surface area (Å²) in [5.74, 6) is 0.593. The number of hydrogen-bond acceptors (Lipinski definition) is 2. The van der Waals surface area contributed by atoms with Crippen molar-refractivity contribution < 1.29 is 0 Å². The maximum atomic E-state index is 5.56. The van der Waals surface area contributed by atoms with Crippen LogP contribution < -0.4 is 5.73 Å². The van der Waals surface area contributed by atoms with Crippen LogP contribution in [-0.2, 0) is 6.42 Å². The van der Waals surface area contributed by atoms with Gasteiger partial charge in [0.25, 0.3) is 0 Å². The van der Waals surface area contributed by atoms with Crippen LogP contribution in [0.25, 0.3) is 0 Å². The highest BCUT2D eigenvalue weighted by Crippen LogP contribution is 2.27. The molecule has 0 radical (unpaired) electrons. The average molecular weight is 248 g/mol. The molecule has 0 spiro atoms. The van der Waals surface area contributed by atoms with Crippen molar-refractivity contribution in [2.45, 2.75) is 20.3 Å². The lowest BCUT2D eigenvalue weighted by Gasteiger charge is -2.04. The van der Waals surface area contributed by atoms with Crippen molar-refractivity contribution in [2.24, 2.45) is 11.7 Å². The lowest BCUT2D eigenvalue weighted by molar-refractivity contribution is 0.598. The van der Waals surface area contributed by atoms with E-state index in [1.54, 1.807) is 0 Å². The molecule has 68 valence electrons. The van der Waals surface area contributed by atoms with Gasteiger partial charge >= 0.3 is 0 Å². The summed E-state index contributed by atoms with van der Waals surface area (Å²) in [4.78, 5) is 2.78. The second-order valence-corrected chi connectivity index (χ2v) is 5.36. The van der Waals surface area contributed by atoms with Crippen molar-refractivity contribution in [1.29, 1.82) is 0 Å². The zero-order chi connectivity index (χ0) is 9.14. The Morgan fingerprint density at radius 1 is 1.67 bits per heavy atom. The first-order valence-corrected chi connectivity index (χ1v) is 5.69. The van der Waals surface area contributed by atoms with Gasteiger partial charge in [-0.15, -0.1) is 11.3 Å². The van der Waals surface area contributed by atoms with E-state index in [0.29, 0.717) is 5.92 Å². The first-order valence-electron chi connectivity index (χ1n) is 4.08. The summed E-state index contributed by atoms with van der Waals surface area (Å²) in [5, 5.41) is 0. The Labute approximate surface area is 86.1 Å². The molecule has 1 unspecified atom stereocenters. The summed E-state index contributed by atoms with van der Waals surface area (Å²) in [5.41, 5.74) is 5.56. The zero-order valence-electron chi connectivity index (χ0n) is 7.43. The summed E-state index contributed by atoms with van der Waals surface area (Å²) in [6, 6.07) is 2.20. The quantitative estimate of drug-likeness (QED) is 0.874. The molecule has 1 atom stereocenters. The third kappa shape index (κ3) is 2.57. The van der Waals surface area contributed by atoms with Crippen LogP contribution in [0.5, 0.6) is 0 Å². The molecule has 0 aliphatic rings. The van der Waals surface area contributed by atoms with Gasteiger partial charge in [0.1, 0.15) is 0 Å². The molecule has 1 aromatic rings. The van der Waals surface area contributed by atoms with Gasteiger partial charge in [-0.3, -0.25) is 0 Å². The molecule has 0 aliphatic carbocycles. The lowest BCUT2D eigenvalue weighted by Crippen LogP contribution is -2.12. The Balaban J connectivity index is 2.64. The summed E-state index contributed by atoms with van der Waals surface area (Å²) in [6.07, 6.45) is 1.10. The Hall–Kier alpha value is 0.140. The van der Waals surface area contributed by atoms with E-state index >= 15 is 0 Å². The van der Waals surface area contributed by atoms with Crippen molar-refractivity contribution in [3.8, 4) is 0 Å². The molecule has 0 aromatic carbocycles. The predicted molar refractivity (Wildman–Crippen MR) is 58.7 cm³/mol. The molecular formula is C9H14BrNS. The van der Waals surface area contributed by atoms with Crippen LogP contribution >= 0.6 is 27.3 Å². The monoisotopic (exact) mass is 247 g/mol. The maximum Gasteiger partial charge on any atom is 0.0314 e. The molecule has 1 nitrogen and oxygen atoms in total. The molecule has 0 saturated heterocycles. The first-order chi connectivity index (χ1) is 5.63. The molecule has 1 heterocycles. The minimum Gasteiger partial charge on any atom is -0.330 e. The molecule has 1 rings (SSSR count). The van der Waals surface area contributed by atoms with Crippen LogP contribution in [-0.4, -0.2) is 6.54 Å². The van der Waals surface area contributed by atoms with Gasteiger partial charge < -0.3 is 5.73 Å². The maximum absolute atomic E-state index is 5.56. The van der Waals surface area contributed by atoms with Crippen molar-refractivity contribution in [2.75, 3.05) is 6.54 Å². The fourth-order valence-corrected chi connectivity index (χ4v) is 2.81. The topological polar surface area (TPSA) is 26.0 Å². The second-order valence-electron chi connectivity index (χ2n) is 3.16. The van der Waals surface area contributed by atoms with Gasteiger partial charge in [0.05, 0.1) is 0 Å². The third-order valence-electron chi connectivity index (χ3n) is 1.86. The molecule has 12 heavy (non-hydrogen) atoms. The van der Waals surface area contributed by atoms with Gasteiger partial charge in [-0.25, -0.2) is 0 Å². The number of thiophene rings is 1. The van der Waals surface area contributed by atoms with Gasteiger partial charge in [0.2, 0.25) is 0 Å². The van der Waals surface area contributed by atoms with Gasteiger partial charge in [0, 0.05) is 14.2 Å². The third-order valence-corrected chi connectivity index (χ3v) is 4.02. The summed E-state index contributed by atoms with van der Waals surface area (Å²) in [7, 11) is 0. The van der Waals surface area contributed by atoms with Crippen LogP contribution in [0.4, 0.5) is 0 Å². The molecule has 0 saturated carbocycles. The van der Waals surface area contributed by atoms with E-state index in [0.717, 1.165) is 13.0 Å². The lowest BCUT2D eigenvalue weighted by atomic mass is 10.1. The van der Waals surface area contributed by atoms with Gasteiger partial charge in [-0.1, -0.05) is 6.92 Å². The Kier molecular flexibility index (Phi) is 3.75. The van der Waals surface area contributed by atoms with Gasteiger partial charge in [-0.2, -0.15) is 0 Å². The van der Waals surface area contributed by atoms with Crippen LogP contribution in [0, 0.1) is 12.8 Å². The van der Waals surface area contributed by atoms with E-state index in [-0.39, 0.29) is 0 Å². The summed E-state index contributed by atoms with van der Waals surface area (Å²) >= 11 is 5.36. The molecular weight excluding hydrogens is 234 g/mol. The van der Waals surface area contributed by atoms with Crippen LogP contribution in [0.3, 0.4) is 0 Å². The van der Waals surface area contributed by atoms with E-state index in [1.807, 2.05) is 11.3 Å². The van der Waals surface area contributed by atoms with Crippen LogP contribution in [0.15, 0.2) is 10.5 Å². The van der Waals surface area contributed by atoms with Crippen molar-refractivity contribution in [1.82, 2.24) is 0 Å². The minimum absolute atomic E-state index is 0.593. The minimum atomic E-state index is 0.593.